The summed E-state index contributed by atoms with van der Waals surface area (Å²) < 4.78 is 25.9. The average molecular weight is 596 g/mol. The van der Waals surface area contributed by atoms with E-state index in [0.29, 0.717) is 43.0 Å². The van der Waals surface area contributed by atoms with E-state index < -0.39 is 0 Å². The van der Waals surface area contributed by atoms with Gasteiger partial charge in [-0.3, -0.25) is 0 Å². The molecule has 240 valence electrons. The van der Waals surface area contributed by atoms with Gasteiger partial charge in [0, 0.05) is 0 Å². The molecule has 0 aromatic heterocycles. The van der Waals surface area contributed by atoms with Crippen molar-refractivity contribution in [2.24, 2.45) is 16.2 Å². The van der Waals surface area contributed by atoms with Gasteiger partial charge in [-0.1, -0.05) is 119 Å². The number of nitrogens with one attached hydrogen (secondary N) is 1. The van der Waals surface area contributed by atoms with Gasteiger partial charge in [0.2, 0.25) is 6.79 Å². The number of anilines is 1. The van der Waals surface area contributed by atoms with Crippen molar-refractivity contribution in [3.63, 3.8) is 0 Å². The van der Waals surface area contributed by atoms with E-state index in [-0.39, 0.29) is 0 Å². The minimum Gasteiger partial charge on any atom is -0.486 e. The quantitative estimate of drug-likeness (QED) is 0.279. The smallest absolute Gasteiger partial charge is 0.231 e. The van der Waals surface area contributed by atoms with Crippen LogP contribution in [0.5, 0.6) is 28.7 Å². The molecule has 0 saturated carbocycles. The molecule has 0 amide bonds. The van der Waals surface area contributed by atoms with E-state index in [9.17, 15) is 0 Å². The van der Waals surface area contributed by atoms with Crippen LogP contribution in [0.3, 0.4) is 0 Å². The maximum atomic E-state index is 5.30. The van der Waals surface area contributed by atoms with Crippen LogP contribution in [0.15, 0.2) is 72.8 Å². The molecule has 0 saturated heterocycles. The summed E-state index contributed by atoms with van der Waals surface area (Å²) in [4.78, 5) is 0. The summed E-state index contributed by atoms with van der Waals surface area (Å²) in [5.74, 6) is 4.36. The number of rotatable bonds is 0. The van der Waals surface area contributed by atoms with Crippen molar-refractivity contribution >= 4 is 5.69 Å². The van der Waals surface area contributed by atoms with Crippen molar-refractivity contribution < 1.29 is 23.7 Å². The second kappa shape index (κ2) is 18.2. The summed E-state index contributed by atoms with van der Waals surface area (Å²) in [5, 5.41) is 3.08. The molecule has 3 aromatic rings. The maximum Gasteiger partial charge on any atom is 0.231 e. The first-order valence-electron chi connectivity index (χ1n) is 15.0. The van der Waals surface area contributed by atoms with Gasteiger partial charge in [0.25, 0.3) is 0 Å². The predicted octanol–water partition coefficient (Wildman–Crippen LogP) is 10.5. The van der Waals surface area contributed by atoms with E-state index in [1.807, 2.05) is 72.8 Å². The predicted molar refractivity (Wildman–Crippen MR) is 181 cm³/mol. The molecule has 0 spiro atoms. The molecule has 3 aromatic carbocycles. The van der Waals surface area contributed by atoms with Crippen molar-refractivity contribution in [2.45, 2.75) is 83.1 Å². The number of fused-ring (bicyclic) bond motifs is 3. The Balaban J connectivity index is 0.000000266. The summed E-state index contributed by atoms with van der Waals surface area (Å²) >= 11 is 0. The lowest BCUT2D eigenvalue weighted by molar-refractivity contribution is 0.171. The van der Waals surface area contributed by atoms with E-state index in [2.05, 4.69) is 88.4 Å². The van der Waals surface area contributed by atoms with Gasteiger partial charge in [0.05, 0.1) is 5.69 Å². The summed E-state index contributed by atoms with van der Waals surface area (Å²) in [6, 6.07) is 23.2. The molecule has 3 aliphatic heterocycles. The van der Waals surface area contributed by atoms with Crippen LogP contribution < -0.4 is 29.0 Å². The molecule has 6 nitrogen and oxygen atoms in total. The zero-order valence-corrected chi connectivity index (χ0v) is 28.8. The molecule has 43 heavy (non-hydrogen) atoms. The number of hydrogen-bond donors (Lipinski definition) is 1. The van der Waals surface area contributed by atoms with Crippen LogP contribution in [0.25, 0.3) is 0 Å². The molecule has 0 fully saturated rings. The molecule has 0 atom stereocenters. The van der Waals surface area contributed by atoms with Crippen LogP contribution in [0.2, 0.25) is 0 Å². The molecule has 0 unspecified atom stereocenters. The average Bonchev–Trinajstić information content (AvgIpc) is 3.56. The Morgan fingerprint density at radius 1 is 0.419 bits per heavy atom. The maximum absolute atomic E-state index is 5.30. The van der Waals surface area contributed by atoms with Crippen molar-refractivity contribution in [3.8, 4) is 28.7 Å². The second-order valence-corrected chi connectivity index (χ2v) is 15.0. The van der Waals surface area contributed by atoms with E-state index in [4.69, 9.17) is 23.7 Å². The van der Waals surface area contributed by atoms with E-state index >= 15 is 0 Å². The van der Waals surface area contributed by atoms with Crippen molar-refractivity contribution in [3.05, 3.63) is 72.8 Å². The molecule has 6 rings (SSSR count). The Morgan fingerprint density at radius 3 is 1.07 bits per heavy atom. The summed E-state index contributed by atoms with van der Waals surface area (Å²) in [7, 11) is 0. The zero-order chi connectivity index (χ0) is 32.5. The summed E-state index contributed by atoms with van der Waals surface area (Å²) in [5.41, 5.74) is 2.59. The summed E-state index contributed by atoms with van der Waals surface area (Å²) in [6.07, 6.45) is 0. The van der Waals surface area contributed by atoms with Crippen LogP contribution in [-0.2, 0) is 0 Å². The van der Waals surface area contributed by atoms with Gasteiger partial charge in [-0.05, 0) is 52.6 Å². The molecule has 3 aliphatic rings. The first-order valence-corrected chi connectivity index (χ1v) is 15.0. The molecule has 6 heteroatoms. The standard InChI is InChI=1S/C8H8O2.C7H7NO.C7H6O2.3C5H12/c1-2-4-8-7(3-1)9-5-6-10-8;2*1-2-4-7-6(3-1)8-5-9-7;3*1-5(2,3)4/h1-4H,5-6H2;1-4,8H,5H2;1-4H,5H2;3*1-4H3. The van der Waals surface area contributed by atoms with Gasteiger partial charge in [-0.25, -0.2) is 0 Å². The topological polar surface area (TPSA) is 58.2 Å². The molecule has 0 radical (unpaired) electrons. The van der Waals surface area contributed by atoms with Gasteiger partial charge in [-0.15, -0.1) is 0 Å². The Kier molecular flexibility index (Phi) is 15.9. The number of ether oxygens (including phenoxy) is 5. The minimum atomic E-state index is 0.360. The van der Waals surface area contributed by atoms with E-state index in [1.54, 1.807) is 0 Å². The van der Waals surface area contributed by atoms with Crippen LogP contribution in [0.4, 0.5) is 5.69 Å². The van der Waals surface area contributed by atoms with Crippen LogP contribution in [-0.4, -0.2) is 26.7 Å². The molecule has 3 heterocycles. The fourth-order valence-corrected chi connectivity index (χ4v) is 2.77. The zero-order valence-electron chi connectivity index (χ0n) is 28.8. The third kappa shape index (κ3) is 21.8. The Labute approximate surface area is 262 Å². The van der Waals surface area contributed by atoms with Crippen LogP contribution >= 0.6 is 0 Å². The van der Waals surface area contributed by atoms with Crippen LogP contribution in [0, 0.1) is 16.2 Å². The number of benzene rings is 3. The monoisotopic (exact) mass is 595 g/mol. The Morgan fingerprint density at radius 2 is 0.721 bits per heavy atom. The van der Waals surface area contributed by atoms with Gasteiger partial charge < -0.3 is 29.0 Å². The molecule has 1 N–H and O–H groups in total. The Bertz CT molecular complexity index is 1010. The molecular formula is C37H57NO5. The second-order valence-electron chi connectivity index (χ2n) is 15.0. The number of para-hydroxylation sites is 6. The highest BCUT2D eigenvalue weighted by molar-refractivity contribution is 5.58. The molecular weight excluding hydrogens is 538 g/mol. The van der Waals surface area contributed by atoms with E-state index in [1.165, 1.54) is 0 Å². The highest BCUT2D eigenvalue weighted by Gasteiger charge is 2.10. The van der Waals surface area contributed by atoms with Gasteiger partial charge in [0.1, 0.15) is 19.0 Å². The molecule has 0 aliphatic carbocycles. The van der Waals surface area contributed by atoms with Crippen molar-refractivity contribution in [1.29, 1.82) is 0 Å². The molecule has 0 bridgehead atoms. The normalized spacial score (nSPS) is 13.4. The third-order valence-corrected chi connectivity index (χ3v) is 4.10. The Hall–Kier alpha value is -3.54. The fourth-order valence-electron chi connectivity index (χ4n) is 2.77. The van der Waals surface area contributed by atoms with Gasteiger partial charge in [-0.2, -0.15) is 0 Å². The third-order valence-electron chi connectivity index (χ3n) is 4.10. The summed E-state index contributed by atoms with van der Waals surface area (Å²) in [6.45, 7) is 28.5. The van der Waals surface area contributed by atoms with Crippen molar-refractivity contribution in [1.82, 2.24) is 0 Å². The first kappa shape index (κ1) is 37.5. The largest absolute Gasteiger partial charge is 0.486 e. The van der Waals surface area contributed by atoms with E-state index in [0.717, 1.165) is 34.4 Å². The lowest BCUT2D eigenvalue weighted by Gasteiger charge is -2.17. The first-order chi connectivity index (χ1) is 19.9. The lowest BCUT2D eigenvalue weighted by Crippen LogP contribution is -2.14. The highest BCUT2D eigenvalue weighted by atomic mass is 16.7. The minimum absolute atomic E-state index is 0.360. The highest BCUT2D eigenvalue weighted by Crippen LogP contribution is 2.30. The lowest BCUT2D eigenvalue weighted by atomic mass is 10.0. The SMILES string of the molecule is CC(C)(C)C.CC(C)(C)C.CC(C)(C)C.c1ccc2c(c1)NCO2.c1ccc2c(c1)OCCO2.c1ccc2c(c1)OCO2. The van der Waals surface area contributed by atoms with Gasteiger partial charge in [0.15, 0.2) is 29.7 Å². The van der Waals surface area contributed by atoms with Crippen LogP contribution in [0.1, 0.15) is 83.1 Å². The van der Waals surface area contributed by atoms with Gasteiger partial charge >= 0.3 is 0 Å². The fraction of sp³-hybridized carbons (Fsp3) is 0.514. The van der Waals surface area contributed by atoms with Crippen molar-refractivity contribution in [2.75, 3.05) is 32.1 Å². The number of hydrogen-bond acceptors (Lipinski definition) is 6.